The van der Waals surface area contributed by atoms with Crippen LogP contribution in [0, 0.1) is 0 Å². The number of rotatable bonds is 2. The number of halogens is 4. The van der Waals surface area contributed by atoms with Gasteiger partial charge in [-0.15, -0.1) is 0 Å². The number of anilines is 1. The average molecular weight is 318 g/mol. The van der Waals surface area contributed by atoms with Crippen LogP contribution >= 0.6 is 11.6 Å². The molecule has 0 heterocycles. The molecule has 1 aliphatic carbocycles. The van der Waals surface area contributed by atoms with E-state index >= 15 is 0 Å². The van der Waals surface area contributed by atoms with Crippen molar-refractivity contribution in [2.75, 3.05) is 5.32 Å². The summed E-state index contributed by atoms with van der Waals surface area (Å²) in [5, 5.41) is 1.80. The predicted molar refractivity (Wildman–Crippen MR) is 73.0 cm³/mol. The third-order valence-electron chi connectivity index (χ3n) is 2.69. The van der Waals surface area contributed by atoms with E-state index in [9.17, 15) is 18.0 Å². The predicted octanol–water partition coefficient (Wildman–Crippen LogP) is 5.14. The lowest BCUT2D eigenvalue weighted by molar-refractivity contribution is -0.137. The molecule has 0 atom stereocenters. The highest BCUT2D eigenvalue weighted by Gasteiger charge is 2.33. The molecular formula is C14H11ClF3NO2. The van der Waals surface area contributed by atoms with Crippen LogP contribution in [0.3, 0.4) is 0 Å². The van der Waals surface area contributed by atoms with Gasteiger partial charge in [-0.3, -0.25) is 5.32 Å². The molecule has 0 spiro atoms. The second-order valence-electron chi connectivity index (χ2n) is 4.29. The Bertz CT molecular complexity index is 609. The van der Waals surface area contributed by atoms with Gasteiger partial charge in [0.25, 0.3) is 0 Å². The molecule has 0 aliphatic heterocycles. The summed E-state index contributed by atoms with van der Waals surface area (Å²) < 4.78 is 43.0. The van der Waals surface area contributed by atoms with Gasteiger partial charge in [0.15, 0.2) is 0 Å². The van der Waals surface area contributed by atoms with Gasteiger partial charge in [-0.25, -0.2) is 4.79 Å². The van der Waals surface area contributed by atoms with Crippen molar-refractivity contribution >= 4 is 23.4 Å². The summed E-state index contributed by atoms with van der Waals surface area (Å²) in [4.78, 5) is 11.6. The van der Waals surface area contributed by atoms with E-state index in [1.807, 2.05) is 6.08 Å². The number of amides is 1. The maximum atomic E-state index is 12.7. The lowest BCUT2D eigenvalue weighted by Gasteiger charge is -2.12. The van der Waals surface area contributed by atoms with Crippen LogP contribution < -0.4 is 5.32 Å². The zero-order chi connectivity index (χ0) is 15.5. The van der Waals surface area contributed by atoms with Gasteiger partial charge < -0.3 is 4.74 Å². The van der Waals surface area contributed by atoms with Crippen LogP contribution in [0.5, 0.6) is 0 Å². The summed E-state index contributed by atoms with van der Waals surface area (Å²) in [5.41, 5.74) is -1.06. The fourth-order valence-corrected chi connectivity index (χ4v) is 1.96. The van der Waals surface area contributed by atoms with Gasteiger partial charge in [-0.2, -0.15) is 13.2 Å². The quantitative estimate of drug-likeness (QED) is 0.820. The lowest BCUT2D eigenvalue weighted by atomic mass is 10.2. The zero-order valence-electron chi connectivity index (χ0n) is 10.7. The monoisotopic (exact) mass is 317 g/mol. The van der Waals surface area contributed by atoms with Crippen molar-refractivity contribution in [3.05, 3.63) is 52.8 Å². The van der Waals surface area contributed by atoms with E-state index in [0.717, 1.165) is 25.0 Å². The first-order valence-electron chi connectivity index (χ1n) is 6.08. The Hall–Kier alpha value is -1.95. The van der Waals surface area contributed by atoms with E-state index in [-0.39, 0.29) is 5.69 Å². The molecule has 7 heteroatoms. The molecule has 0 saturated heterocycles. The third kappa shape index (κ3) is 4.26. The molecular weight excluding hydrogens is 307 g/mol. The Morgan fingerprint density at radius 2 is 2.05 bits per heavy atom. The van der Waals surface area contributed by atoms with Gasteiger partial charge in [0.2, 0.25) is 0 Å². The number of hydrogen-bond donors (Lipinski definition) is 1. The second kappa shape index (κ2) is 6.22. The summed E-state index contributed by atoms with van der Waals surface area (Å²) in [5.74, 6) is 0.365. The van der Waals surface area contributed by atoms with Crippen LogP contribution in [-0.2, 0) is 10.9 Å². The van der Waals surface area contributed by atoms with Crippen LogP contribution in [0.2, 0.25) is 5.02 Å². The number of carbonyl (C=O) groups is 1. The molecule has 0 fully saturated rings. The normalized spacial score (nSPS) is 14.6. The second-order valence-corrected chi connectivity index (χ2v) is 4.70. The fourth-order valence-electron chi connectivity index (χ4n) is 1.74. The van der Waals surface area contributed by atoms with Crippen molar-refractivity contribution in [3.63, 3.8) is 0 Å². The average Bonchev–Trinajstić information content (AvgIpc) is 2.41. The molecule has 3 nitrogen and oxygen atoms in total. The summed E-state index contributed by atoms with van der Waals surface area (Å²) in [6, 6.07) is 3.10. The molecule has 1 aromatic carbocycles. The molecule has 2 rings (SSSR count). The first kappa shape index (κ1) is 15.4. The number of alkyl halides is 3. The highest BCUT2D eigenvalue weighted by Crippen LogP contribution is 2.36. The SMILES string of the molecule is O=C(Nc1ccc(Cl)c(C(F)(F)F)c1)OC1=CCCC=C1. The van der Waals surface area contributed by atoms with E-state index in [2.05, 4.69) is 5.32 Å². The first-order valence-corrected chi connectivity index (χ1v) is 6.46. The Kier molecular flexibility index (Phi) is 4.57. The van der Waals surface area contributed by atoms with E-state index in [1.165, 1.54) is 6.07 Å². The molecule has 0 saturated carbocycles. The smallest absolute Gasteiger partial charge is 0.410 e. The summed E-state index contributed by atoms with van der Waals surface area (Å²) in [7, 11) is 0. The van der Waals surface area contributed by atoms with E-state index in [4.69, 9.17) is 16.3 Å². The van der Waals surface area contributed by atoms with Crippen molar-refractivity contribution in [3.8, 4) is 0 Å². The lowest BCUT2D eigenvalue weighted by Crippen LogP contribution is -2.14. The maximum Gasteiger partial charge on any atom is 0.417 e. The minimum atomic E-state index is -4.59. The molecule has 1 aromatic rings. The van der Waals surface area contributed by atoms with Crippen molar-refractivity contribution in [1.82, 2.24) is 0 Å². The Labute approximate surface area is 124 Å². The number of hydrogen-bond acceptors (Lipinski definition) is 2. The fraction of sp³-hybridized carbons (Fsp3) is 0.214. The zero-order valence-corrected chi connectivity index (χ0v) is 11.5. The van der Waals surface area contributed by atoms with E-state index < -0.39 is 22.9 Å². The largest absolute Gasteiger partial charge is 0.417 e. The number of benzene rings is 1. The van der Waals surface area contributed by atoms with Crippen LogP contribution in [0.4, 0.5) is 23.7 Å². The van der Waals surface area contributed by atoms with Crippen molar-refractivity contribution in [1.29, 1.82) is 0 Å². The molecule has 112 valence electrons. The molecule has 0 aromatic heterocycles. The number of ether oxygens (including phenoxy) is 1. The summed E-state index contributed by atoms with van der Waals surface area (Å²) in [6.45, 7) is 0. The van der Waals surface area contributed by atoms with E-state index in [1.54, 1.807) is 12.2 Å². The Balaban J connectivity index is 2.07. The van der Waals surface area contributed by atoms with E-state index in [0.29, 0.717) is 5.76 Å². The Morgan fingerprint density at radius 3 is 2.67 bits per heavy atom. The summed E-state index contributed by atoms with van der Waals surface area (Å²) >= 11 is 5.49. The molecule has 21 heavy (non-hydrogen) atoms. The van der Waals surface area contributed by atoms with Crippen molar-refractivity contribution < 1.29 is 22.7 Å². The number of carbonyl (C=O) groups excluding carboxylic acids is 1. The van der Waals surface area contributed by atoms with Gasteiger partial charge in [0, 0.05) is 5.69 Å². The van der Waals surface area contributed by atoms with Crippen LogP contribution in [0.1, 0.15) is 18.4 Å². The topological polar surface area (TPSA) is 38.3 Å². The molecule has 1 aliphatic rings. The number of nitrogens with one attached hydrogen (secondary N) is 1. The molecule has 1 N–H and O–H groups in total. The van der Waals surface area contributed by atoms with Crippen LogP contribution in [-0.4, -0.2) is 6.09 Å². The standard InChI is InChI=1S/C14H11ClF3NO2/c15-12-7-6-9(8-11(12)14(16,17)18)19-13(20)21-10-4-2-1-3-5-10/h2,4-8H,1,3H2,(H,19,20). The molecule has 1 amide bonds. The van der Waals surface area contributed by atoms with Gasteiger partial charge in [0.1, 0.15) is 5.76 Å². The van der Waals surface area contributed by atoms with Crippen molar-refractivity contribution in [2.24, 2.45) is 0 Å². The molecule has 0 unspecified atom stereocenters. The molecule has 0 bridgehead atoms. The van der Waals surface area contributed by atoms with Crippen LogP contribution in [0.15, 0.2) is 42.2 Å². The highest BCUT2D eigenvalue weighted by molar-refractivity contribution is 6.31. The molecule has 0 radical (unpaired) electrons. The third-order valence-corrected chi connectivity index (χ3v) is 3.02. The minimum Gasteiger partial charge on any atom is -0.410 e. The van der Waals surface area contributed by atoms with Gasteiger partial charge in [0.05, 0.1) is 10.6 Å². The maximum absolute atomic E-state index is 12.7. The van der Waals surface area contributed by atoms with Gasteiger partial charge in [-0.1, -0.05) is 17.7 Å². The Morgan fingerprint density at radius 1 is 1.29 bits per heavy atom. The first-order chi connectivity index (χ1) is 9.86. The van der Waals surface area contributed by atoms with Gasteiger partial charge >= 0.3 is 12.3 Å². The number of allylic oxidation sites excluding steroid dienone is 3. The van der Waals surface area contributed by atoms with Crippen LogP contribution in [0.25, 0.3) is 0 Å². The summed E-state index contributed by atoms with van der Waals surface area (Å²) in [6.07, 6.45) is 1.36. The highest BCUT2D eigenvalue weighted by atomic mass is 35.5. The minimum absolute atomic E-state index is 0.0443. The van der Waals surface area contributed by atoms with Crippen molar-refractivity contribution in [2.45, 2.75) is 19.0 Å². The van der Waals surface area contributed by atoms with Gasteiger partial charge in [-0.05, 0) is 43.2 Å².